The largest absolute Gasteiger partial charge is 0.497 e. The van der Waals surface area contributed by atoms with E-state index in [9.17, 15) is 18.0 Å². The molecule has 30 heavy (non-hydrogen) atoms. The molecule has 1 heterocycles. The molecule has 0 amide bonds. The van der Waals surface area contributed by atoms with Crippen LogP contribution in [0.1, 0.15) is 33.6 Å². The maximum absolute atomic E-state index is 12.5. The Morgan fingerprint density at radius 1 is 0.967 bits per heavy atom. The van der Waals surface area contributed by atoms with Crippen molar-refractivity contribution in [1.82, 2.24) is 4.31 Å². The van der Waals surface area contributed by atoms with Gasteiger partial charge in [-0.3, -0.25) is 4.79 Å². The number of ketones is 1. The molecule has 160 valence electrons. The van der Waals surface area contributed by atoms with E-state index in [0.717, 1.165) is 12.8 Å². The monoisotopic (exact) mass is 433 g/mol. The minimum atomic E-state index is -3.55. The van der Waals surface area contributed by atoms with Crippen molar-refractivity contribution in [3.63, 3.8) is 0 Å². The number of methoxy groups -OCH3 is 2. The summed E-state index contributed by atoms with van der Waals surface area (Å²) in [6, 6.07) is 10.2. The topological polar surface area (TPSA) is 99.2 Å². The zero-order valence-corrected chi connectivity index (χ0v) is 17.6. The van der Waals surface area contributed by atoms with Crippen LogP contribution in [0.15, 0.2) is 47.4 Å². The molecule has 0 N–H and O–H groups in total. The molecule has 2 aromatic rings. The number of hydrogen-bond acceptors (Lipinski definition) is 7. The Balaban J connectivity index is 1.64. The Kier molecular flexibility index (Phi) is 6.73. The first-order valence-corrected chi connectivity index (χ1v) is 10.8. The first-order valence-electron chi connectivity index (χ1n) is 9.39. The fourth-order valence-corrected chi connectivity index (χ4v) is 4.68. The number of carbonyl (C=O) groups excluding carboxylic acids is 2. The molecule has 8 nitrogen and oxygen atoms in total. The summed E-state index contributed by atoms with van der Waals surface area (Å²) in [7, 11) is -0.628. The molecule has 0 unspecified atom stereocenters. The molecular weight excluding hydrogens is 410 g/mol. The van der Waals surface area contributed by atoms with Gasteiger partial charge in [0.05, 0.1) is 30.2 Å². The number of hydrogen-bond donors (Lipinski definition) is 0. The number of esters is 1. The van der Waals surface area contributed by atoms with E-state index in [-0.39, 0.29) is 16.0 Å². The minimum absolute atomic E-state index is 0.125. The lowest BCUT2D eigenvalue weighted by Crippen LogP contribution is -2.27. The van der Waals surface area contributed by atoms with Crippen LogP contribution in [0.4, 0.5) is 0 Å². The molecule has 3 rings (SSSR count). The standard InChI is InChI=1S/C21H23NO7S/c1-27-16-7-10-18(20(13-16)28-2)19(23)14-29-21(24)15-5-8-17(9-6-15)30(25,26)22-11-3-4-12-22/h5-10,13H,3-4,11-12,14H2,1-2H3. The molecule has 1 saturated heterocycles. The van der Waals surface area contributed by atoms with E-state index in [1.165, 1.54) is 48.9 Å². The molecular formula is C21H23NO7S. The van der Waals surface area contributed by atoms with Crippen LogP contribution in [0.3, 0.4) is 0 Å². The maximum atomic E-state index is 12.5. The third kappa shape index (κ3) is 4.63. The van der Waals surface area contributed by atoms with E-state index in [0.29, 0.717) is 24.6 Å². The lowest BCUT2D eigenvalue weighted by Gasteiger charge is -2.15. The van der Waals surface area contributed by atoms with E-state index in [4.69, 9.17) is 14.2 Å². The van der Waals surface area contributed by atoms with Crippen LogP contribution in [0.25, 0.3) is 0 Å². The Hall–Kier alpha value is -2.91. The van der Waals surface area contributed by atoms with Crippen LogP contribution in [0, 0.1) is 0 Å². The van der Waals surface area contributed by atoms with Gasteiger partial charge in [0.2, 0.25) is 15.8 Å². The summed E-state index contributed by atoms with van der Waals surface area (Å²) in [4.78, 5) is 24.8. The quantitative estimate of drug-likeness (QED) is 0.466. The van der Waals surface area contributed by atoms with Crippen molar-refractivity contribution < 1.29 is 32.2 Å². The minimum Gasteiger partial charge on any atom is -0.497 e. The van der Waals surface area contributed by atoms with Crippen molar-refractivity contribution >= 4 is 21.8 Å². The second-order valence-electron chi connectivity index (χ2n) is 6.70. The molecule has 1 aliphatic rings. The Morgan fingerprint density at radius 2 is 1.63 bits per heavy atom. The number of rotatable bonds is 8. The molecule has 0 atom stereocenters. The SMILES string of the molecule is COc1ccc(C(=O)COC(=O)c2ccc(S(=O)(=O)N3CCCC3)cc2)c(OC)c1. The Bertz CT molecular complexity index is 1030. The third-order valence-electron chi connectivity index (χ3n) is 4.84. The van der Waals surface area contributed by atoms with Gasteiger partial charge in [0.25, 0.3) is 0 Å². The van der Waals surface area contributed by atoms with E-state index in [2.05, 4.69) is 0 Å². The molecule has 0 saturated carbocycles. The Morgan fingerprint density at radius 3 is 2.23 bits per heavy atom. The summed E-state index contributed by atoms with van der Waals surface area (Å²) < 4.78 is 41.9. The molecule has 0 radical (unpaired) electrons. The van der Waals surface area contributed by atoms with Gasteiger partial charge in [-0.15, -0.1) is 0 Å². The summed E-state index contributed by atoms with van der Waals surface area (Å²) in [6.45, 7) is 0.529. The van der Waals surface area contributed by atoms with E-state index < -0.39 is 28.4 Å². The third-order valence-corrected chi connectivity index (χ3v) is 6.75. The Labute approximate surface area is 175 Å². The van der Waals surface area contributed by atoms with Crippen LogP contribution >= 0.6 is 0 Å². The molecule has 0 spiro atoms. The van der Waals surface area contributed by atoms with Crippen molar-refractivity contribution in [2.24, 2.45) is 0 Å². The van der Waals surface area contributed by atoms with Crippen molar-refractivity contribution in [1.29, 1.82) is 0 Å². The number of sulfonamides is 1. The van der Waals surface area contributed by atoms with Crippen LogP contribution in [-0.4, -0.2) is 58.4 Å². The smallest absolute Gasteiger partial charge is 0.338 e. The average molecular weight is 433 g/mol. The normalized spacial score (nSPS) is 14.3. The summed E-state index contributed by atoms with van der Waals surface area (Å²) in [6.07, 6.45) is 1.69. The van der Waals surface area contributed by atoms with Gasteiger partial charge in [-0.1, -0.05) is 0 Å². The van der Waals surface area contributed by atoms with Gasteiger partial charge in [0.1, 0.15) is 11.5 Å². The van der Waals surface area contributed by atoms with Crippen LogP contribution in [-0.2, 0) is 14.8 Å². The number of carbonyl (C=O) groups is 2. The average Bonchev–Trinajstić information content (AvgIpc) is 3.32. The number of Topliss-reactive ketones (excluding diaryl/α,β-unsaturated/α-hetero) is 1. The summed E-state index contributed by atoms with van der Waals surface area (Å²) >= 11 is 0. The second-order valence-corrected chi connectivity index (χ2v) is 8.64. The van der Waals surface area contributed by atoms with Crippen LogP contribution < -0.4 is 9.47 Å². The van der Waals surface area contributed by atoms with E-state index >= 15 is 0 Å². The summed E-state index contributed by atoms with van der Waals surface area (Å²) in [5, 5.41) is 0. The van der Waals surface area contributed by atoms with Gasteiger partial charge in [-0.2, -0.15) is 4.31 Å². The van der Waals surface area contributed by atoms with Gasteiger partial charge in [-0.05, 0) is 49.2 Å². The van der Waals surface area contributed by atoms with Gasteiger partial charge in [0.15, 0.2) is 6.61 Å². The second kappa shape index (κ2) is 9.27. The predicted octanol–water partition coefficient (Wildman–Crippen LogP) is 2.53. The zero-order chi connectivity index (χ0) is 21.7. The highest BCUT2D eigenvalue weighted by Gasteiger charge is 2.27. The fourth-order valence-electron chi connectivity index (χ4n) is 3.16. The number of nitrogens with zero attached hydrogens (tertiary/aromatic N) is 1. The zero-order valence-electron chi connectivity index (χ0n) is 16.8. The lowest BCUT2D eigenvalue weighted by atomic mass is 10.1. The molecule has 0 bridgehead atoms. The predicted molar refractivity (Wildman–Crippen MR) is 109 cm³/mol. The van der Waals surface area contributed by atoms with Crippen molar-refractivity contribution in [3.8, 4) is 11.5 Å². The first-order chi connectivity index (χ1) is 14.4. The highest BCUT2D eigenvalue weighted by Crippen LogP contribution is 2.25. The molecule has 1 aliphatic heterocycles. The summed E-state index contributed by atoms with van der Waals surface area (Å²) in [5.41, 5.74) is 0.419. The van der Waals surface area contributed by atoms with Crippen molar-refractivity contribution in [2.75, 3.05) is 33.9 Å². The summed E-state index contributed by atoms with van der Waals surface area (Å²) in [5.74, 6) is -0.312. The molecule has 1 fully saturated rings. The van der Waals surface area contributed by atoms with Crippen molar-refractivity contribution in [3.05, 3.63) is 53.6 Å². The first kappa shape index (κ1) is 21.8. The molecule has 0 aromatic heterocycles. The van der Waals surface area contributed by atoms with Gasteiger partial charge < -0.3 is 14.2 Å². The maximum Gasteiger partial charge on any atom is 0.338 e. The van der Waals surface area contributed by atoms with Gasteiger partial charge in [-0.25, -0.2) is 13.2 Å². The van der Waals surface area contributed by atoms with Crippen LogP contribution in [0.5, 0.6) is 11.5 Å². The molecule has 9 heteroatoms. The highest BCUT2D eigenvalue weighted by molar-refractivity contribution is 7.89. The number of ether oxygens (including phenoxy) is 3. The van der Waals surface area contributed by atoms with Gasteiger partial charge in [0, 0.05) is 19.2 Å². The van der Waals surface area contributed by atoms with Crippen LogP contribution in [0.2, 0.25) is 0 Å². The highest BCUT2D eigenvalue weighted by atomic mass is 32.2. The number of benzene rings is 2. The lowest BCUT2D eigenvalue weighted by molar-refractivity contribution is 0.0474. The van der Waals surface area contributed by atoms with Crippen molar-refractivity contribution in [2.45, 2.75) is 17.7 Å². The molecule has 0 aliphatic carbocycles. The fraction of sp³-hybridized carbons (Fsp3) is 0.333. The van der Waals surface area contributed by atoms with E-state index in [1.54, 1.807) is 12.1 Å². The van der Waals surface area contributed by atoms with E-state index in [1.807, 2.05) is 0 Å². The van der Waals surface area contributed by atoms with Gasteiger partial charge >= 0.3 is 5.97 Å². The molecule has 2 aromatic carbocycles.